The minimum absolute atomic E-state index is 0.210. The van der Waals surface area contributed by atoms with Crippen LogP contribution < -0.4 is 5.56 Å². The van der Waals surface area contributed by atoms with Crippen molar-refractivity contribution in [2.45, 2.75) is 10.8 Å². The summed E-state index contributed by atoms with van der Waals surface area (Å²) in [5, 5.41) is 3.64. The molecule has 3 aromatic heterocycles. The third kappa shape index (κ3) is 3.38. The van der Waals surface area contributed by atoms with Crippen LogP contribution in [-0.4, -0.2) is 15.0 Å². The molecule has 0 bridgehead atoms. The molecular formula is C18H11ClFN3OS2. The largest absolute Gasteiger partial charge is 0.309 e. The summed E-state index contributed by atoms with van der Waals surface area (Å²) in [6, 6.07) is 9.60. The van der Waals surface area contributed by atoms with Crippen LogP contribution in [-0.2, 0) is 5.75 Å². The Labute approximate surface area is 161 Å². The first-order valence-electron chi connectivity index (χ1n) is 7.61. The number of thioether (sulfide) groups is 1. The number of nitrogens with zero attached hydrogens (tertiary/aromatic N) is 2. The highest BCUT2D eigenvalue weighted by Crippen LogP contribution is 2.31. The molecule has 0 saturated heterocycles. The number of hydrogen-bond donors (Lipinski definition) is 1. The van der Waals surface area contributed by atoms with Crippen LogP contribution in [0.4, 0.5) is 4.39 Å². The molecule has 8 heteroatoms. The quantitative estimate of drug-likeness (QED) is 0.480. The van der Waals surface area contributed by atoms with Gasteiger partial charge in [0.1, 0.15) is 21.5 Å². The lowest BCUT2D eigenvalue weighted by Crippen LogP contribution is -2.10. The number of thiophene rings is 1. The van der Waals surface area contributed by atoms with Crippen molar-refractivity contribution >= 4 is 44.9 Å². The van der Waals surface area contributed by atoms with Crippen molar-refractivity contribution in [3.8, 4) is 11.1 Å². The van der Waals surface area contributed by atoms with Crippen molar-refractivity contribution in [1.29, 1.82) is 0 Å². The van der Waals surface area contributed by atoms with Crippen molar-refractivity contribution in [2.24, 2.45) is 0 Å². The maximum atomic E-state index is 13.1. The standard InChI is InChI=1S/C18H11ClFN3OS2/c19-13-2-1-7-21-17(13)26-9-14-22-16(24)15-12(8-25-18(15)23-14)10-3-5-11(20)6-4-10/h1-8H,9H2,(H,22,23,24). The average molecular weight is 404 g/mol. The number of benzene rings is 1. The fourth-order valence-corrected chi connectivity index (χ4v) is 4.52. The summed E-state index contributed by atoms with van der Waals surface area (Å²) in [6.45, 7) is 0. The van der Waals surface area contributed by atoms with Gasteiger partial charge in [-0.25, -0.2) is 14.4 Å². The summed E-state index contributed by atoms with van der Waals surface area (Å²) in [5.74, 6) is 0.695. The molecule has 4 rings (SSSR count). The predicted octanol–water partition coefficient (Wildman–Crippen LogP) is 5.13. The van der Waals surface area contributed by atoms with Gasteiger partial charge >= 0.3 is 0 Å². The summed E-state index contributed by atoms with van der Waals surface area (Å²) in [6.07, 6.45) is 1.67. The van der Waals surface area contributed by atoms with Crippen molar-refractivity contribution in [1.82, 2.24) is 15.0 Å². The van der Waals surface area contributed by atoms with Crippen LogP contribution in [0.1, 0.15) is 5.82 Å². The summed E-state index contributed by atoms with van der Waals surface area (Å²) < 4.78 is 13.1. The van der Waals surface area contributed by atoms with E-state index in [1.165, 1.54) is 35.2 Å². The average Bonchev–Trinajstić information content (AvgIpc) is 3.06. The molecule has 0 aliphatic rings. The molecule has 0 aliphatic carbocycles. The Hall–Kier alpha value is -2.22. The Bertz CT molecular complexity index is 1140. The molecule has 0 atom stereocenters. The Morgan fingerprint density at radius 2 is 2.04 bits per heavy atom. The minimum Gasteiger partial charge on any atom is -0.309 e. The number of rotatable bonds is 4. The molecule has 0 spiro atoms. The minimum atomic E-state index is -0.312. The van der Waals surface area contributed by atoms with Crippen molar-refractivity contribution < 1.29 is 4.39 Å². The topological polar surface area (TPSA) is 58.6 Å². The van der Waals surface area contributed by atoms with Gasteiger partial charge in [0, 0.05) is 17.1 Å². The second-order valence-electron chi connectivity index (χ2n) is 5.43. The van der Waals surface area contributed by atoms with Crippen LogP contribution in [0, 0.1) is 5.82 Å². The van der Waals surface area contributed by atoms with Crippen LogP contribution in [0.3, 0.4) is 0 Å². The van der Waals surface area contributed by atoms with Gasteiger partial charge in [-0.3, -0.25) is 4.79 Å². The fourth-order valence-electron chi connectivity index (χ4n) is 2.52. The van der Waals surface area contributed by atoms with E-state index in [-0.39, 0.29) is 11.4 Å². The molecule has 0 unspecified atom stereocenters. The number of pyridine rings is 1. The SMILES string of the molecule is O=c1[nH]c(CSc2ncccc2Cl)nc2scc(-c3ccc(F)cc3)c12. The first-order chi connectivity index (χ1) is 12.6. The highest BCUT2D eigenvalue weighted by atomic mass is 35.5. The van der Waals surface area contributed by atoms with E-state index in [1.807, 2.05) is 5.38 Å². The predicted molar refractivity (Wildman–Crippen MR) is 104 cm³/mol. The van der Waals surface area contributed by atoms with Crippen LogP contribution in [0.2, 0.25) is 5.02 Å². The van der Waals surface area contributed by atoms with Crippen molar-refractivity contribution in [3.63, 3.8) is 0 Å². The number of halogens is 2. The van der Waals surface area contributed by atoms with Gasteiger partial charge in [0.15, 0.2) is 0 Å². The van der Waals surface area contributed by atoms with Gasteiger partial charge in [0.05, 0.1) is 16.2 Å². The molecule has 0 fully saturated rings. The van der Waals surface area contributed by atoms with Crippen molar-refractivity contribution in [3.05, 3.63) is 75.0 Å². The Morgan fingerprint density at radius 3 is 2.81 bits per heavy atom. The highest BCUT2D eigenvalue weighted by Gasteiger charge is 2.13. The van der Waals surface area contributed by atoms with Gasteiger partial charge in [-0.05, 0) is 29.8 Å². The van der Waals surface area contributed by atoms with E-state index in [1.54, 1.807) is 30.5 Å². The number of aromatic amines is 1. The monoisotopic (exact) mass is 403 g/mol. The van der Waals surface area contributed by atoms with Crippen LogP contribution in [0.5, 0.6) is 0 Å². The lowest BCUT2D eigenvalue weighted by atomic mass is 10.1. The maximum Gasteiger partial charge on any atom is 0.260 e. The molecule has 3 heterocycles. The van der Waals surface area contributed by atoms with Gasteiger partial charge in [-0.2, -0.15) is 0 Å². The maximum absolute atomic E-state index is 13.1. The van der Waals surface area contributed by atoms with E-state index in [2.05, 4.69) is 15.0 Å². The van der Waals surface area contributed by atoms with Crippen LogP contribution in [0.25, 0.3) is 21.3 Å². The lowest BCUT2D eigenvalue weighted by Gasteiger charge is -2.03. The zero-order chi connectivity index (χ0) is 18.1. The molecule has 0 saturated carbocycles. The summed E-state index contributed by atoms with van der Waals surface area (Å²) in [4.78, 5) is 24.8. The molecule has 26 heavy (non-hydrogen) atoms. The Morgan fingerprint density at radius 1 is 1.23 bits per heavy atom. The molecule has 0 radical (unpaired) electrons. The third-order valence-corrected chi connectivity index (χ3v) is 6.02. The van der Waals surface area contributed by atoms with Crippen LogP contribution in [0.15, 0.2) is 57.8 Å². The Balaban J connectivity index is 1.67. The molecule has 1 N–H and O–H groups in total. The smallest absolute Gasteiger partial charge is 0.260 e. The van der Waals surface area contributed by atoms with E-state index in [0.29, 0.717) is 31.8 Å². The first-order valence-corrected chi connectivity index (χ1v) is 9.86. The normalized spacial score (nSPS) is 11.2. The van der Waals surface area contributed by atoms with Gasteiger partial charge in [-0.1, -0.05) is 35.5 Å². The lowest BCUT2D eigenvalue weighted by molar-refractivity contribution is 0.628. The number of aromatic nitrogens is 3. The second-order valence-corrected chi connectivity index (χ2v) is 7.66. The highest BCUT2D eigenvalue weighted by molar-refractivity contribution is 7.98. The van der Waals surface area contributed by atoms with Gasteiger partial charge in [0.25, 0.3) is 5.56 Å². The molecule has 4 aromatic rings. The zero-order valence-electron chi connectivity index (χ0n) is 13.2. The van der Waals surface area contributed by atoms with E-state index in [0.717, 1.165) is 11.1 Å². The van der Waals surface area contributed by atoms with Gasteiger partial charge < -0.3 is 4.98 Å². The summed E-state index contributed by atoms with van der Waals surface area (Å²) in [7, 11) is 0. The molecule has 1 aromatic carbocycles. The Kier molecular flexibility index (Phi) is 4.76. The van der Waals surface area contributed by atoms with E-state index < -0.39 is 0 Å². The molecule has 4 nitrogen and oxygen atoms in total. The van der Waals surface area contributed by atoms with E-state index in [4.69, 9.17) is 11.6 Å². The molecular weight excluding hydrogens is 393 g/mol. The zero-order valence-corrected chi connectivity index (χ0v) is 15.6. The van der Waals surface area contributed by atoms with Crippen LogP contribution >= 0.6 is 34.7 Å². The molecule has 0 aliphatic heterocycles. The molecule has 0 amide bonds. The number of H-pyrrole nitrogens is 1. The summed E-state index contributed by atoms with van der Waals surface area (Å²) >= 11 is 8.90. The fraction of sp³-hybridized carbons (Fsp3) is 0.0556. The van der Waals surface area contributed by atoms with E-state index in [9.17, 15) is 9.18 Å². The third-order valence-electron chi connectivity index (χ3n) is 3.72. The number of nitrogens with one attached hydrogen (secondary N) is 1. The number of hydrogen-bond acceptors (Lipinski definition) is 5. The van der Waals surface area contributed by atoms with Crippen molar-refractivity contribution in [2.75, 3.05) is 0 Å². The van der Waals surface area contributed by atoms with Gasteiger partial charge in [-0.15, -0.1) is 11.3 Å². The second kappa shape index (κ2) is 7.19. The molecule has 130 valence electrons. The summed E-state index contributed by atoms with van der Waals surface area (Å²) in [5.41, 5.74) is 1.33. The van der Waals surface area contributed by atoms with Gasteiger partial charge in [0.2, 0.25) is 0 Å². The van der Waals surface area contributed by atoms with E-state index >= 15 is 0 Å². The number of fused-ring (bicyclic) bond motifs is 1. The first kappa shape index (κ1) is 17.2.